The number of rotatable bonds is 5. The van der Waals surface area contributed by atoms with E-state index in [1.807, 2.05) is 39.0 Å². The lowest BCUT2D eigenvalue weighted by Gasteiger charge is -2.26. The highest BCUT2D eigenvalue weighted by Crippen LogP contribution is 2.33. The van der Waals surface area contributed by atoms with Gasteiger partial charge < -0.3 is 4.74 Å². The molecule has 124 valence electrons. The molecule has 0 spiro atoms. The van der Waals surface area contributed by atoms with E-state index in [0.717, 1.165) is 16.8 Å². The number of aryl methyl sites for hydroxylation is 2. The molecule has 0 aliphatic rings. The highest BCUT2D eigenvalue weighted by atomic mass is 79.9. The van der Waals surface area contributed by atoms with E-state index in [1.165, 1.54) is 4.31 Å². The lowest BCUT2D eigenvalue weighted by molar-refractivity contribution is 0.411. The van der Waals surface area contributed by atoms with Crippen LogP contribution in [0.2, 0.25) is 0 Å². The Morgan fingerprint density at radius 2 is 1.74 bits per heavy atom. The quantitative estimate of drug-likeness (QED) is 0.755. The Bertz CT molecular complexity index is 798. The van der Waals surface area contributed by atoms with Gasteiger partial charge in [-0.3, -0.25) is 4.31 Å². The summed E-state index contributed by atoms with van der Waals surface area (Å²) < 4.78 is 33.4. The maximum atomic E-state index is 13.1. The van der Waals surface area contributed by atoms with Crippen molar-refractivity contribution in [1.82, 2.24) is 0 Å². The standard InChI is InChI=1S/C17H20BrNO3S/c1-5-19(17-12(2)7-6-8-13(17)3)23(20,21)14-9-10-16(22-4)15(18)11-14/h6-11H,5H2,1-4H3. The number of hydrogen-bond acceptors (Lipinski definition) is 3. The molecular weight excluding hydrogens is 378 g/mol. The van der Waals surface area contributed by atoms with Crippen LogP contribution in [0.3, 0.4) is 0 Å². The minimum atomic E-state index is -3.65. The molecule has 0 aliphatic heterocycles. The van der Waals surface area contributed by atoms with E-state index in [2.05, 4.69) is 15.9 Å². The summed E-state index contributed by atoms with van der Waals surface area (Å²) >= 11 is 3.35. The molecule has 0 bridgehead atoms. The number of sulfonamides is 1. The molecule has 2 rings (SSSR count). The van der Waals surface area contributed by atoms with Crippen molar-refractivity contribution in [2.75, 3.05) is 18.0 Å². The summed E-state index contributed by atoms with van der Waals surface area (Å²) in [6, 6.07) is 10.6. The molecule has 0 radical (unpaired) electrons. The third kappa shape index (κ3) is 3.38. The third-order valence-electron chi connectivity index (χ3n) is 3.69. The molecule has 0 saturated carbocycles. The predicted octanol–water partition coefficient (Wildman–Crippen LogP) is 4.29. The van der Waals surface area contributed by atoms with Crippen LogP contribution in [0.1, 0.15) is 18.1 Å². The molecule has 0 heterocycles. The van der Waals surface area contributed by atoms with Crippen LogP contribution in [0.25, 0.3) is 0 Å². The highest BCUT2D eigenvalue weighted by Gasteiger charge is 2.26. The van der Waals surface area contributed by atoms with Crippen LogP contribution in [0.5, 0.6) is 5.75 Å². The summed E-state index contributed by atoms with van der Waals surface area (Å²) in [5.41, 5.74) is 2.60. The van der Waals surface area contributed by atoms with Gasteiger partial charge in [-0.15, -0.1) is 0 Å². The van der Waals surface area contributed by atoms with E-state index in [0.29, 0.717) is 16.8 Å². The van der Waals surface area contributed by atoms with E-state index < -0.39 is 10.0 Å². The molecule has 0 saturated heterocycles. The van der Waals surface area contributed by atoms with Gasteiger partial charge in [-0.05, 0) is 66.0 Å². The van der Waals surface area contributed by atoms with Crippen molar-refractivity contribution in [1.29, 1.82) is 0 Å². The zero-order chi connectivity index (χ0) is 17.2. The van der Waals surface area contributed by atoms with Crippen LogP contribution in [-0.4, -0.2) is 22.1 Å². The number of anilines is 1. The summed E-state index contributed by atoms with van der Waals surface area (Å²) in [6.07, 6.45) is 0. The predicted molar refractivity (Wildman–Crippen MR) is 96.8 cm³/mol. The number of para-hydroxylation sites is 1. The SMILES string of the molecule is CCN(c1c(C)cccc1C)S(=O)(=O)c1ccc(OC)c(Br)c1. The Kier molecular flexibility index (Phi) is 5.37. The first kappa shape index (κ1) is 17.8. The first-order valence-corrected chi connectivity index (χ1v) is 9.48. The number of benzene rings is 2. The van der Waals surface area contributed by atoms with E-state index >= 15 is 0 Å². The van der Waals surface area contributed by atoms with Gasteiger partial charge in [-0.2, -0.15) is 0 Å². The van der Waals surface area contributed by atoms with Crippen LogP contribution in [-0.2, 0) is 10.0 Å². The molecule has 0 aromatic heterocycles. The average Bonchev–Trinajstić information content (AvgIpc) is 2.50. The van der Waals surface area contributed by atoms with Crippen LogP contribution >= 0.6 is 15.9 Å². The van der Waals surface area contributed by atoms with E-state index in [1.54, 1.807) is 25.3 Å². The normalized spacial score (nSPS) is 11.3. The van der Waals surface area contributed by atoms with Crippen molar-refractivity contribution < 1.29 is 13.2 Å². The van der Waals surface area contributed by atoms with Gasteiger partial charge in [0.2, 0.25) is 0 Å². The van der Waals surface area contributed by atoms with Gasteiger partial charge in [-0.25, -0.2) is 8.42 Å². The van der Waals surface area contributed by atoms with E-state index in [9.17, 15) is 8.42 Å². The minimum absolute atomic E-state index is 0.231. The summed E-state index contributed by atoms with van der Waals surface area (Å²) in [6.45, 7) is 6.04. The van der Waals surface area contributed by atoms with Crippen molar-refractivity contribution in [3.63, 3.8) is 0 Å². The molecule has 2 aromatic rings. The maximum Gasteiger partial charge on any atom is 0.264 e. The monoisotopic (exact) mass is 397 g/mol. The molecule has 6 heteroatoms. The van der Waals surface area contributed by atoms with Gasteiger partial charge in [0.1, 0.15) is 5.75 Å². The Morgan fingerprint density at radius 1 is 1.13 bits per heavy atom. The lowest BCUT2D eigenvalue weighted by Crippen LogP contribution is -2.32. The number of methoxy groups -OCH3 is 1. The fourth-order valence-corrected chi connectivity index (χ4v) is 4.90. The summed E-state index contributed by atoms with van der Waals surface area (Å²) in [5, 5.41) is 0. The third-order valence-corrected chi connectivity index (χ3v) is 6.18. The summed E-state index contributed by atoms with van der Waals surface area (Å²) in [5.74, 6) is 0.596. The minimum Gasteiger partial charge on any atom is -0.496 e. The zero-order valence-corrected chi connectivity index (χ0v) is 16.0. The number of halogens is 1. The van der Waals surface area contributed by atoms with Crippen molar-refractivity contribution in [3.8, 4) is 5.75 Å². The Balaban J connectivity index is 2.58. The fourth-order valence-electron chi connectivity index (χ4n) is 2.58. The molecule has 0 unspecified atom stereocenters. The Labute approximate surface area is 146 Å². The molecule has 23 heavy (non-hydrogen) atoms. The molecule has 0 aliphatic carbocycles. The van der Waals surface area contributed by atoms with Gasteiger partial charge >= 0.3 is 0 Å². The maximum absolute atomic E-state index is 13.1. The molecule has 0 N–H and O–H groups in total. The largest absolute Gasteiger partial charge is 0.496 e. The Hall–Kier alpha value is -1.53. The number of hydrogen-bond donors (Lipinski definition) is 0. The van der Waals surface area contributed by atoms with Crippen molar-refractivity contribution in [2.24, 2.45) is 0 Å². The molecule has 4 nitrogen and oxygen atoms in total. The molecule has 0 atom stereocenters. The molecule has 0 amide bonds. The summed E-state index contributed by atoms with van der Waals surface area (Å²) in [7, 11) is -2.10. The van der Waals surface area contributed by atoms with Crippen LogP contribution < -0.4 is 9.04 Å². The van der Waals surface area contributed by atoms with Gasteiger partial charge in [0.05, 0.1) is 22.2 Å². The van der Waals surface area contributed by atoms with Gasteiger partial charge in [0.15, 0.2) is 0 Å². The summed E-state index contributed by atoms with van der Waals surface area (Å²) in [4.78, 5) is 0.231. The van der Waals surface area contributed by atoms with Crippen molar-refractivity contribution >= 4 is 31.6 Å². The number of ether oxygens (including phenoxy) is 1. The topological polar surface area (TPSA) is 46.6 Å². The van der Waals surface area contributed by atoms with Crippen molar-refractivity contribution in [2.45, 2.75) is 25.7 Å². The van der Waals surface area contributed by atoms with Gasteiger partial charge in [-0.1, -0.05) is 18.2 Å². The van der Waals surface area contributed by atoms with E-state index in [-0.39, 0.29) is 4.90 Å². The molecule has 2 aromatic carbocycles. The first-order chi connectivity index (χ1) is 10.8. The molecular formula is C17H20BrNO3S. The van der Waals surface area contributed by atoms with Gasteiger partial charge in [0.25, 0.3) is 10.0 Å². The lowest BCUT2D eigenvalue weighted by atomic mass is 10.1. The van der Waals surface area contributed by atoms with Crippen LogP contribution in [0.15, 0.2) is 45.8 Å². The van der Waals surface area contributed by atoms with Crippen LogP contribution in [0.4, 0.5) is 5.69 Å². The van der Waals surface area contributed by atoms with E-state index in [4.69, 9.17) is 4.74 Å². The average molecular weight is 398 g/mol. The second-order valence-corrected chi connectivity index (χ2v) is 7.92. The second-order valence-electron chi connectivity index (χ2n) is 5.21. The smallest absolute Gasteiger partial charge is 0.264 e. The fraction of sp³-hybridized carbons (Fsp3) is 0.294. The molecule has 0 fully saturated rings. The highest BCUT2D eigenvalue weighted by molar-refractivity contribution is 9.10. The first-order valence-electron chi connectivity index (χ1n) is 7.25. The van der Waals surface area contributed by atoms with Crippen molar-refractivity contribution in [3.05, 3.63) is 52.0 Å². The zero-order valence-electron chi connectivity index (χ0n) is 13.6. The Morgan fingerprint density at radius 3 is 2.22 bits per heavy atom. The van der Waals surface area contributed by atoms with Gasteiger partial charge in [0, 0.05) is 6.54 Å². The van der Waals surface area contributed by atoms with Crippen LogP contribution in [0, 0.1) is 13.8 Å². The second kappa shape index (κ2) is 6.93. The number of nitrogens with zero attached hydrogens (tertiary/aromatic N) is 1.